The Bertz CT molecular complexity index is 967. The van der Waals surface area contributed by atoms with E-state index in [0.29, 0.717) is 11.3 Å². The average Bonchev–Trinajstić information content (AvgIpc) is 2.74. The van der Waals surface area contributed by atoms with Crippen LogP contribution in [0.25, 0.3) is 0 Å². The molecule has 1 aromatic carbocycles. The molecule has 29 heavy (non-hydrogen) atoms. The molecule has 0 bridgehead atoms. The number of hydrazone groups is 1. The van der Waals surface area contributed by atoms with Gasteiger partial charge in [-0.05, 0) is 37.3 Å². The lowest BCUT2D eigenvalue weighted by Gasteiger charge is -2.38. The number of aromatic nitrogens is 1. The van der Waals surface area contributed by atoms with Gasteiger partial charge in [-0.2, -0.15) is 5.10 Å². The van der Waals surface area contributed by atoms with Crippen LogP contribution in [0.15, 0.2) is 35.7 Å². The predicted octanol–water partition coefficient (Wildman–Crippen LogP) is 1.93. The first-order chi connectivity index (χ1) is 14.0. The standard InChI is InChI=1S/C22H26N4O3/c1-24-12-8-15(9-13-24)19(22(28)29-3)23-25(2)18-14-16-6-4-10-26-11-5-7-17(20(16)26)21(18)27/h8-9,12-14H,4-7,10-11H2,1-3H3/p+1. The predicted molar refractivity (Wildman–Crippen MR) is 112 cm³/mol. The number of carbonyl (C=O) groups excluding carboxylic acids is 1. The van der Waals surface area contributed by atoms with Crippen LogP contribution in [-0.2, 0) is 29.4 Å². The van der Waals surface area contributed by atoms with Gasteiger partial charge in [0.1, 0.15) is 18.5 Å². The normalized spacial score (nSPS) is 15.7. The van der Waals surface area contributed by atoms with Gasteiger partial charge in [0, 0.05) is 49.1 Å². The highest BCUT2D eigenvalue weighted by Crippen LogP contribution is 2.45. The first-order valence-corrected chi connectivity index (χ1v) is 9.98. The van der Waals surface area contributed by atoms with Gasteiger partial charge in [0.25, 0.3) is 0 Å². The minimum absolute atomic E-state index is 0.197. The number of phenols is 1. The molecule has 0 fully saturated rings. The van der Waals surface area contributed by atoms with Crippen molar-refractivity contribution in [3.05, 3.63) is 47.3 Å². The fraction of sp³-hybridized carbons (Fsp3) is 0.409. The first-order valence-electron chi connectivity index (χ1n) is 9.98. The second-order valence-electron chi connectivity index (χ2n) is 7.64. The fourth-order valence-electron chi connectivity index (χ4n) is 4.25. The third-order valence-electron chi connectivity index (χ3n) is 5.70. The minimum atomic E-state index is -0.518. The SMILES string of the molecule is COC(=O)/C(=N\N(C)c1cc2c3c(c1O)CCCN3CCC2)c1cc[n+](C)cc1. The second kappa shape index (κ2) is 7.73. The summed E-state index contributed by atoms with van der Waals surface area (Å²) in [5.74, 6) is -0.263. The Balaban J connectivity index is 1.77. The molecule has 0 radical (unpaired) electrons. The maximum Gasteiger partial charge on any atom is 0.359 e. The molecule has 4 rings (SSSR count). The van der Waals surface area contributed by atoms with Gasteiger partial charge < -0.3 is 14.7 Å². The minimum Gasteiger partial charge on any atom is -0.505 e. The van der Waals surface area contributed by atoms with Crippen LogP contribution in [0, 0.1) is 0 Å². The van der Waals surface area contributed by atoms with Gasteiger partial charge >= 0.3 is 5.97 Å². The number of aryl methyl sites for hydroxylation is 2. The molecule has 2 aromatic rings. The van der Waals surface area contributed by atoms with Crippen LogP contribution in [-0.4, -0.2) is 44.0 Å². The molecule has 7 nitrogen and oxygen atoms in total. The van der Waals surface area contributed by atoms with Crippen LogP contribution in [0.3, 0.4) is 0 Å². The summed E-state index contributed by atoms with van der Waals surface area (Å²) in [5.41, 5.74) is 4.91. The molecular formula is C22H27N4O3+. The summed E-state index contributed by atoms with van der Waals surface area (Å²) in [6, 6.07) is 5.64. The third-order valence-corrected chi connectivity index (χ3v) is 5.70. The van der Waals surface area contributed by atoms with E-state index in [1.807, 2.05) is 42.2 Å². The van der Waals surface area contributed by atoms with Crippen LogP contribution >= 0.6 is 0 Å². The van der Waals surface area contributed by atoms with Gasteiger partial charge in [-0.15, -0.1) is 0 Å². The van der Waals surface area contributed by atoms with Crippen molar-refractivity contribution in [1.29, 1.82) is 0 Å². The van der Waals surface area contributed by atoms with E-state index in [-0.39, 0.29) is 11.5 Å². The molecule has 7 heteroatoms. The largest absolute Gasteiger partial charge is 0.505 e. The second-order valence-corrected chi connectivity index (χ2v) is 7.64. The van der Waals surface area contributed by atoms with Crippen molar-refractivity contribution in [2.45, 2.75) is 25.7 Å². The van der Waals surface area contributed by atoms with Crippen LogP contribution < -0.4 is 14.5 Å². The molecule has 3 heterocycles. The van der Waals surface area contributed by atoms with E-state index in [4.69, 9.17) is 4.74 Å². The van der Waals surface area contributed by atoms with Crippen molar-refractivity contribution in [3.8, 4) is 5.75 Å². The number of aromatic hydroxyl groups is 1. The van der Waals surface area contributed by atoms with E-state index in [2.05, 4.69) is 10.0 Å². The summed E-state index contributed by atoms with van der Waals surface area (Å²) >= 11 is 0. The van der Waals surface area contributed by atoms with Crippen molar-refractivity contribution in [3.63, 3.8) is 0 Å². The van der Waals surface area contributed by atoms with Gasteiger partial charge in [0.05, 0.1) is 7.11 Å². The molecule has 0 spiro atoms. The highest BCUT2D eigenvalue weighted by Gasteiger charge is 2.29. The number of benzene rings is 1. The summed E-state index contributed by atoms with van der Waals surface area (Å²) in [6.45, 7) is 2.09. The maximum absolute atomic E-state index is 12.4. The summed E-state index contributed by atoms with van der Waals surface area (Å²) in [5, 5.41) is 17.1. The number of anilines is 2. The van der Waals surface area contributed by atoms with Crippen LogP contribution in [0.2, 0.25) is 0 Å². The van der Waals surface area contributed by atoms with E-state index in [0.717, 1.165) is 44.3 Å². The maximum atomic E-state index is 12.4. The Morgan fingerprint density at radius 1 is 1.24 bits per heavy atom. The Kier molecular flexibility index (Phi) is 5.13. The zero-order chi connectivity index (χ0) is 20.5. The molecule has 0 amide bonds. The Labute approximate surface area is 170 Å². The Morgan fingerprint density at radius 3 is 2.62 bits per heavy atom. The zero-order valence-electron chi connectivity index (χ0n) is 17.2. The Morgan fingerprint density at radius 2 is 1.93 bits per heavy atom. The van der Waals surface area contributed by atoms with Crippen molar-refractivity contribution in [2.75, 3.05) is 37.2 Å². The number of nitrogens with zero attached hydrogens (tertiary/aromatic N) is 4. The number of methoxy groups -OCH3 is 1. The van der Waals surface area contributed by atoms with Gasteiger partial charge in [-0.25, -0.2) is 9.36 Å². The first kappa shape index (κ1) is 19.2. The van der Waals surface area contributed by atoms with Crippen molar-refractivity contribution < 1.29 is 19.2 Å². The van der Waals surface area contributed by atoms with Gasteiger partial charge in [0.2, 0.25) is 0 Å². The van der Waals surface area contributed by atoms with Crippen molar-refractivity contribution >= 4 is 23.1 Å². The van der Waals surface area contributed by atoms with E-state index < -0.39 is 5.97 Å². The number of hydrogen-bond acceptors (Lipinski definition) is 6. The lowest BCUT2D eigenvalue weighted by Crippen LogP contribution is -2.34. The van der Waals surface area contributed by atoms with E-state index in [1.165, 1.54) is 18.4 Å². The summed E-state index contributed by atoms with van der Waals surface area (Å²) in [4.78, 5) is 14.8. The quantitative estimate of drug-likeness (QED) is 0.371. The summed E-state index contributed by atoms with van der Waals surface area (Å²) in [6.07, 6.45) is 7.69. The Hall–Kier alpha value is -3.09. The molecule has 0 unspecified atom stereocenters. The fourth-order valence-corrected chi connectivity index (χ4v) is 4.25. The zero-order valence-corrected chi connectivity index (χ0v) is 17.2. The topological polar surface area (TPSA) is 69.2 Å². The van der Waals surface area contributed by atoms with Crippen LogP contribution in [0.1, 0.15) is 29.5 Å². The average molecular weight is 395 g/mol. The summed E-state index contributed by atoms with van der Waals surface area (Å²) < 4.78 is 6.83. The van der Waals surface area contributed by atoms with Crippen LogP contribution in [0.4, 0.5) is 11.4 Å². The number of pyridine rings is 1. The molecular weight excluding hydrogens is 368 g/mol. The highest BCUT2D eigenvalue weighted by molar-refractivity contribution is 6.43. The number of ether oxygens (including phenoxy) is 1. The molecule has 0 aliphatic carbocycles. The van der Waals surface area contributed by atoms with Crippen LogP contribution in [0.5, 0.6) is 5.75 Å². The third kappa shape index (κ3) is 3.52. The van der Waals surface area contributed by atoms with Crippen molar-refractivity contribution in [1.82, 2.24) is 0 Å². The van der Waals surface area contributed by atoms with Gasteiger partial charge in [0.15, 0.2) is 18.1 Å². The molecule has 0 saturated carbocycles. The number of esters is 1. The molecule has 152 valence electrons. The lowest BCUT2D eigenvalue weighted by molar-refractivity contribution is -0.671. The monoisotopic (exact) mass is 395 g/mol. The number of carbonyl (C=O) groups is 1. The molecule has 0 saturated heterocycles. The number of rotatable bonds is 4. The number of phenolic OH excluding ortho intramolecular Hbond substituents is 1. The molecule has 0 atom stereocenters. The smallest absolute Gasteiger partial charge is 0.359 e. The molecule has 2 aliphatic heterocycles. The van der Waals surface area contributed by atoms with Gasteiger partial charge in [-0.1, -0.05) is 0 Å². The summed E-state index contributed by atoms with van der Waals surface area (Å²) in [7, 11) is 5.00. The highest BCUT2D eigenvalue weighted by atomic mass is 16.5. The van der Waals surface area contributed by atoms with Crippen molar-refractivity contribution in [2.24, 2.45) is 12.1 Å². The van der Waals surface area contributed by atoms with E-state index in [9.17, 15) is 9.90 Å². The molecule has 1 aromatic heterocycles. The molecule has 1 N–H and O–H groups in total. The molecule has 2 aliphatic rings. The van der Waals surface area contributed by atoms with E-state index in [1.54, 1.807) is 12.1 Å². The number of hydrogen-bond donors (Lipinski definition) is 1. The lowest BCUT2D eigenvalue weighted by atomic mass is 9.90. The van der Waals surface area contributed by atoms with E-state index >= 15 is 0 Å². The van der Waals surface area contributed by atoms with Gasteiger partial charge in [-0.3, -0.25) is 5.01 Å².